The summed E-state index contributed by atoms with van der Waals surface area (Å²) in [4.78, 5) is 13.4. The van der Waals surface area contributed by atoms with Crippen LogP contribution in [0.1, 0.15) is 20.8 Å². The van der Waals surface area contributed by atoms with Crippen LogP contribution in [0.3, 0.4) is 0 Å². The number of rotatable bonds is 2. The molecular formula is C10H21ClN2O2. The summed E-state index contributed by atoms with van der Waals surface area (Å²) in [6, 6.07) is -0.402. The van der Waals surface area contributed by atoms with Gasteiger partial charge in [0.05, 0.1) is 18.8 Å². The molecule has 5 heteroatoms. The Hall–Kier alpha value is -0.320. The zero-order valence-corrected chi connectivity index (χ0v) is 10.4. The zero-order valence-electron chi connectivity index (χ0n) is 9.60. The van der Waals surface area contributed by atoms with Crippen LogP contribution in [-0.4, -0.2) is 42.6 Å². The average Bonchev–Trinajstić information content (AvgIpc) is 2.16. The van der Waals surface area contributed by atoms with Crippen LogP contribution in [0, 0.1) is 5.92 Å². The number of ether oxygens (including phenoxy) is 1. The molecule has 1 saturated heterocycles. The molecule has 2 N–H and O–H groups in total. The summed E-state index contributed by atoms with van der Waals surface area (Å²) in [6.07, 6.45) is 0.159. The van der Waals surface area contributed by atoms with Crippen molar-refractivity contribution < 1.29 is 9.53 Å². The number of hydrogen-bond donors (Lipinski definition) is 1. The lowest BCUT2D eigenvalue weighted by molar-refractivity contribution is -0.141. The molecule has 1 heterocycles. The van der Waals surface area contributed by atoms with Crippen molar-refractivity contribution >= 4 is 18.3 Å². The van der Waals surface area contributed by atoms with E-state index in [2.05, 4.69) is 13.8 Å². The summed E-state index contributed by atoms with van der Waals surface area (Å²) in [5.74, 6) is 0.470. The van der Waals surface area contributed by atoms with E-state index in [1.54, 1.807) is 11.8 Å². The topological polar surface area (TPSA) is 55.6 Å². The van der Waals surface area contributed by atoms with Crippen molar-refractivity contribution in [3.05, 3.63) is 0 Å². The molecule has 2 atom stereocenters. The third-order valence-corrected chi connectivity index (χ3v) is 2.54. The number of amides is 1. The number of carbonyl (C=O) groups excluding carboxylic acids is 1. The lowest BCUT2D eigenvalue weighted by atomic mass is 10.1. The van der Waals surface area contributed by atoms with Gasteiger partial charge in [0.2, 0.25) is 5.91 Å². The number of halogens is 1. The molecule has 15 heavy (non-hydrogen) atoms. The number of nitrogens with two attached hydrogens (primary N) is 1. The van der Waals surface area contributed by atoms with Gasteiger partial charge in [-0.1, -0.05) is 13.8 Å². The standard InChI is InChI=1S/C10H20N2O2.ClH/c1-7(2)9-6-12(4-5-14-9)10(13)8(3)11;/h7-9H,4-6,11H2,1-3H3;1H/t8-,9?;/m1./s1. The van der Waals surface area contributed by atoms with E-state index in [4.69, 9.17) is 10.5 Å². The molecule has 0 aromatic carbocycles. The van der Waals surface area contributed by atoms with Crippen molar-refractivity contribution in [1.82, 2.24) is 4.90 Å². The summed E-state index contributed by atoms with van der Waals surface area (Å²) >= 11 is 0. The average molecular weight is 237 g/mol. The van der Waals surface area contributed by atoms with Crippen molar-refractivity contribution in [1.29, 1.82) is 0 Å². The van der Waals surface area contributed by atoms with Crippen LogP contribution >= 0.6 is 12.4 Å². The van der Waals surface area contributed by atoms with E-state index in [0.29, 0.717) is 25.6 Å². The molecule has 1 aliphatic heterocycles. The predicted octanol–water partition coefficient (Wildman–Crippen LogP) is 0.639. The first-order chi connectivity index (χ1) is 6.52. The first-order valence-corrected chi connectivity index (χ1v) is 5.18. The van der Waals surface area contributed by atoms with Gasteiger partial charge in [-0.2, -0.15) is 0 Å². The van der Waals surface area contributed by atoms with Gasteiger partial charge in [0.25, 0.3) is 0 Å². The summed E-state index contributed by atoms with van der Waals surface area (Å²) in [6.45, 7) is 7.90. The van der Waals surface area contributed by atoms with E-state index in [0.717, 1.165) is 0 Å². The van der Waals surface area contributed by atoms with E-state index < -0.39 is 6.04 Å². The molecular weight excluding hydrogens is 216 g/mol. The van der Waals surface area contributed by atoms with Crippen molar-refractivity contribution in [2.45, 2.75) is 32.9 Å². The van der Waals surface area contributed by atoms with Crippen LogP contribution < -0.4 is 5.73 Å². The van der Waals surface area contributed by atoms with Crippen molar-refractivity contribution in [2.24, 2.45) is 11.7 Å². The van der Waals surface area contributed by atoms with Gasteiger partial charge in [-0.05, 0) is 12.8 Å². The molecule has 1 unspecified atom stereocenters. The third kappa shape index (κ3) is 3.97. The highest BCUT2D eigenvalue weighted by Gasteiger charge is 2.27. The molecule has 0 radical (unpaired) electrons. The first kappa shape index (κ1) is 14.7. The van der Waals surface area contributed by atoms with Crippen LogP contribution in [0.25, 0.3) is 0 Å². The van der Waals surface area contributed by atoms with Gasteiger partial charge in [-0.15, -0.1) is 12.4 Å². The highest BCUT2D eigenvalue weighted by Crippen LogP contribution is 2.13. The molecule has 1 rings (SSSR count). The third-order valence-electron chi connectivity index (χ3n) is 2.54. The second-order valence-corrected chi connectivity index (χ2v) is 4.23. The predicted molar refractivity (Wildman–Crippen MR) is 62.1 cm³/mol. The Labute approximate surface area is 97.5 Å². The lowest BCUT2D eigenvalue weighted by Crippen LogP contribution is -2.51. The Morgan fingerprint density at radius 1 is 1.47 bits per heavy atom. The van der Waals surface area contributed by atoms with Gasteiger partial charge >= 0.3 is 0 Å². The van der Waals surface area contributed by atoms with Crippen molar-refractivity contribution in [2.75, 3.05) is 19.7 Å². The van der Waals surface area contributed by atoms with E-state index >= 15 is 0 Å². The van der Waals surface area contributed by atoms with Gasteiger partial charge in [0.1, 0.15) is 0 Å². The highest BCUT2D eigenvalue weighted by atomic mass is 35.5. The normalized spacial score (nSPS) is 23.5. The Morgan fingerprint density at radius 2 is 2.07 bits per heavy atom. The molecule has 1 aliphatic rings. The Bertz CT molecular complexity index is 210. The van der Waals surface area contributed by atoms with E-state index in [1.165, 1.54) is 0 Å². The molecule has 4 nitrogen and oxygen atoms in total. The molecule has 0 aliphatic carbocycles. The van der Waals surface area contributed by atoms with Crippen molar-refractivity contribution in [3.63, 3.8) is 0 Å². The highest BCUT2D eigenvalue weighted by molar-refractivity contribution is 5.85. The van der Waals surface area contributed by atoms with Crippen LogP contribution in [-0.2, 0) is 9.53 Å². The fourth-order valence-electron chi connectivity index (χ4n) is 1.57. The maximum Gasteiger partial charge on any atom is 0.239 e. The second-order valence-electron chi connectivity index (χ2n) is 4.23. The fourth-order valence-corrected chi connectivity index (χ4v) is 1.57. The van der Waals surface area contributed by atoms with Gasteiger partial charge in [-0.25, -0.2) is 0 Å². The minimum Gasteiger partial charge on any atom is -0.374 e. The van der Waals surface area contributed by atoms with E-state index in [1.807, 2.05) is 0 Å². The number of carbonyl (C=O) groups is 1. The first-order valence-electron chi connectivity index (χ1n) is 5.18. The van der Waals surface area contributed by atoms with Crippen LogP contribution in [0.2, 0.25) is 0 Å². The SMILES string of the molecule is CC(C)C1CN(C(=O)[C@@H](C)N)CCO1.Cl. The van der Waals surface area contributed by atoms with Gasteiger partial charge in [-0.3, -0.25) is 4.79 Å². The summed E-state index contributed by atoms with van der Waals surface area (Å²) < 4.78 is 5.56. The number of nitrogens with zero attached hydrogens (tertiary/aromatic N) is 1. The summed E-state index contributed by atoms with van der Waals surface area (Å²) in [7, 11) is 0. The van der Waals surface area contributed by atoms with Gasteiger partial charge in [0.15, 0.2) is 0 Å². The smallest absolute Gasteiger partial charge is 0.239 e. The molecule has 0 aromatic rings. The molecule has 1 fully saturated rings. The molecule has 90 valence electrons. The zero-order chi connectivity index (χ0) is 10.7. The quantitative estimate of drug-likeness (QED) is 0.766. The van der Waals surface area contributed by atoms with Gasteiger partial charge < -0.3 is 15.4 Å². The maximum absolute atomic E-state index is 11.6. The maximum atomic E-state index is 11.6. The monoisotopic (exact) mass is 236 g/mol. The van der Waals surface area contributed by atoms with Crippen LogP contribution in [0.4, 0.5) is 0 Å². The minimum absolute atomic E-state index is 0. The second kappa shape index (κ2) is 6.30. The minimum atomic E-state index is -0.402. The Balaban J connectivity index is 0.00000196. The number of morpholine rings is 1. The Morgan fingerprint density at radius 3 is 2.53 bits per heavy atom. The van der Waals surface area contributed by atoms with E-state index in [9.17, 15) is 4.79 Å². The summed E-state index contributed by atoms with van der Waals surface area (Å²) in [5, 5.41) is 0. The Kier molecular flexibility index (Phi) is 6.17. The molecule has 1 amide bonds. The summed E-state index contributed by atoms with van der Waals surface area (Å²) in [5.41, 5.74) is 5.56. The van der Waals surface area contributed by atoms with Gasteiger partial charge in [0, 0.05) is 13.1 Å². The van der Waals surface area contributed by atoms with Crippen molar-refractivity contribution in [3.8, 4) is 0 Å². The van der Waals surface area contributed by atoms with Crippen LogP contribution in [0.15, 0.2) is 0 Å². The largest absolute Gasteiger partial charge is 0.374 e. The van der Waals surface area contributed by atoms with E-state index in [-0.39, 0.29) is 24.4 Å². The lowest BCUT2D eigenvalue weighted by Gasteiger charge is -2.35. The number of hydrogen-bond acceptors (Lipinski definition) is 3. The fraction of sp³-hybridized carbons (Fsp3) is 0.900. The molecule has 0 spiro atoms. The molecule has 0 aromatic heterocycles. The van der Waals surface area contributed by atoms with Crippen LogP contribution in [0.5, 0.6) is 0 Å². The molecule has 0 bridgehead atoms. The molecule has 0 saturated carbocycles.